The van der Waals surface area contributed by atoms with E-state index in [0.717, 1.165) is 18.2 Å². The van der Waals surface area contributed by atoms with Gasteiger partial charge in [-0.05, 0) is 29.3 Å². The van der Waals surface area contributed by atoms with E-state index < -0.39 is 35.2 Å². The fourth-order valence-electron chi connectivity index (χ4n) is 4.33. The van der Waals surface area contributed by atoms with Gasteiger partial charge in [-0.25, -0.2) is 8.78 Å². The molecule has 2 aliphatic heterocycles. The molecule has 1 saturated heterocycles. The molecular formula is C24H20ClF5N4O. The maximum Gasteiger partial charge on any atom is 0.435 e. The van der Waals surface area contributed by atoms with Crippen LogP contribution < -0.4 is 0 Å². The van der Waals surface area contributed by atoms with Crippen molar-refractivity contribution in [2.24, 2.45) is 16.1 Å². The number of halogens is 6. The van der Waals surface area contributed by atoms with Gasteiger partial charge in [0, 0.05) is 22.9 Å². The van der Waals surface area contributed by atoms with Crippen molar-refractivity contribution in [2.75, 3.05) is 13.1 Å². The summed E-state index contributed by atoms with van der Waals surface area (Å²) in [7, 11) is 0. The van der Waals surface area contributed by atoms with Gasteiger partial charge in [-0.2, -0.15) is 23.4 Å². The standard InChI is InChI=1S/C24H20ClF5N4O/c1-14(2)21(32-13-31)34-11-22(27,12-34)16-5-3-15(4-6-16)20-10-23(35-33-20,24(28,29)30)17-7-18(25)9-19(26)8-17/h3-9,14H,10-12H2,1-2H3/b32-21+. The maximum atomic E-state index is 15.4. The lowest BCUT2D eigenvalue weighted by molar-refractivity contribution is -0.275. The van der Waals surface area contributed by atoms with Gasteiger partial charge >= 0.3 is 6.18 Å². The molecule has 1 unspecified atom stereocenters. The minimum atomic E-state index is -4.91. The van der Waals surface area contributed by atoms with Gasteiger partial charge in [0.05, 0.1) is 18.8 Å². The van der Waals surface area contributed by atoms with E-state index in [0.29, 0.717) is 17.0 Å². The molecule has 0 aliphatic carbocycles. The summed E-state index contributed by atoms with van der Waals surface area (Å²) in [5, 5.41) is 12.3. The van der Waals surface area contributed by atoms with Crippen LogP contribution >= 0.6 is 11.6 Å². The summed E-state index contributed by atoms with van der Waals surface area (Å²) in [6.45, 7) is 3.72. The highest BCUT2D eigenvalue weighted by molar-refractivity contribution is 6.30. The summed E-state index contributed by atoms with van der Waals surface area (Å²) in [6.07, 6.45) is -3.88. The molecule has 1 fully saturated rings. The van der Waals surface area contributed by atoms with Crippen LogP contribution in [0.15, 0.2) is 52.6 Å². The van der Waals surface area contributed by atoms with E-state index in [-0.39, 0.29) is 29.7 Å². The van der Waals surface area contributed by atoms with Crippen molar-refractivity contribution in [1.82, 2.24) is 4.90 Å². The summed E-state index contributed by atoms with van der Waals surface area (Å²) in [6, 6.07) is 8.53. The van der Waals surface area contributed by atoms with Crippen molar-refractivity contribution in [3.63, 3.8) is 0 Å². The van der Waals surface area contributed by atoms with Crippen LogP contribution in [0, 0.1) is 23.2 Å². The molecule has 4 rings (SSSR count). The molecule has 2 aromatic rings. The van der Waals surface area contributed by atoms with Crippen LogP contribution in [-0.2, 0) is 16.1 Å². The van der Waals surface area contributed by atoms with Crippen molar-refractivity contribution in [1.29, 1.82) is 5.26 Å². The number of likely N-dealkylation sites (tertiary alicyclic amines) is 1. The summed E-state index contributed by atoms with van der Waals surface area (Å²) >= 11 is 5.78. The second-order valence-electron chi connectivity index (χ2n) is 8.91. The topological polar surface area (TPSA) is 61.0 Å². The average Bonchev–Trinajstić information content (AvgIpc) is 3.22. The van der Waals surface area contributed by atoms with Gasteiger partial charge < -0.3 is 9.74 Å². The van der Waals surface area contributed by atoms with E-state index in [1.165, 1.54) is 24.3 Å². The number of aliphatic imine (C=N–C) groups is 1. The minimum Gasteiger partial charge on any atom is -0.374 e. The molecule has 35 heavy (non-hydrogen) atoms. The quantitative estimate of drug-likeness (QED) is 0.217. The Morgan fingerprint density at radius 2 is 1.83 bits per heavy atom. The smallest absolute Gasteiger partial charge is 0.374 e. The average molecular weight is 511 g/mol. The van der Waals surface area contributed by atoms with E-state index >= 15 is 4.39 Å². The van der Waals surface area contributed by atoms with Gasteiger partial charge in [0.1, 0.15) is 11.7 Å². The maximum absolute atomic E-state index is 15.4. The first kappa shape index (κ1) is 24.9. The first-order chi connectivity index (χ1) is 16.4. The lowest BCUT2D eigenvalue weighted by Gasteiger charge is -2.47. The Morgan fingerprint density at radius 1 is 1.17 bits per heavy atom. The van der Waals surface area contributed by atoms with Crippen molar-refractivity contribution < 1.29 is 26.8 Å². The van der Waals surface area contributed by atoms with Crippen LogP contribution in [0.5, 0.6) is 0 Å². The van der Waals surface area contributed by atoms with Crippen LogP contribution in [-0.4, -0.2) is 35.7 Å². The molecule has 2 heterocycles. The highest BCUT2D eigenvalue weighted by Crippen LogP contribution is 2.49. The van der Waals surface area contributed by atoms with Crippen molar-refractivity contribution in [3.05, 3.63) is 70.0 Å². The fourth-order valence-corrected chi connectivity index (χ4v) is 4.55. The zero-order chi connectivity index (χ0) is 25.6. The Morgan fingerprint density at radius 3 is 2.37 bits per heavy atom. The third-order valence-corrected chi connectivity index (χ3v) is 6.36. The Balaban J connectivity index is 1.54. The third kappa shape index (κ3) is 4.45. The van der Waals surface area contributed by atoms with Gasteiger partial charge in [-0.3, -0.25) is 0 Å². The molecule has 0 bridgehead atoms. The number of oxime groups is 1. The first-order valence-electron chi connectivity index (χ1n) is 10.7. The van der Waals surface area contributed by atoms with Gasteiger partial charge in [0.15, 0.2) is 5.67 Å². The van der Waals surface area contributed by atoms with Crippen molar-refractivity contribution >= 4 is 23.1 Å². The number of amidine groups is 1. The van der Waals surface area contributed by atoms with Gasteiger partial charge in [-0.1, -0.05) is 54.9 Å². The second-order valence-corrected chi connectivity index (χ2v) is 9.35. The number of nitriles is 1. The summed E-state index contributed by atoms with van der Waals surface area (Å²) < 4.78 is 71.5. The monoisotopic (exact) mass is 510 g/mol. The molecular weight excluding hydrogens is 491 g/mol. The zero-order valence-electron chi connectivity index (χ0n) is 18.7. The summed E-state index contributed by atoms with van der Waals surface area (Å²) in [4.78, 5) is 10.3. The van der Waals surface area contributed by atoms with Crippen molar-refractivity contribution in [2.45, 2.75) is 37.7 Å². The molecule has 2 aromatic carbocycles. The van der Waals surface area contributed by atoms with Crippen LogP contribution in [0.1, 0.15) is 37.0 Å². The fraction of sp³-hybridized carbons (Fsp3) is 0.375. The molecule has 2 aliphatic rings. The molecule has 1 atom stereocenters. The number of hydrogen-bond donors (Lipinski definition) is 0. The number of rotatable bonds is 4. The Bertz CT molecular complexity index is 1210. The predicted octanol–water partition coefficient (Wildman–Crippen LogP) is 6.08. The normalized spacial score (nSPS) is 21.9. The largest absolute Gasteiger partial charge is 0.435 e. The van der Waals surface area contributed by atoms with Crippen molar-refractivity contribution in [3.8, 4) is 6.19 Å². The summed E-state index contributed by atoms with van der Waals surface area (Å²) in [5.74, 6) is -0.486. The van der Waals surface area contributed by atoms with E-state index in [9.17, 15) is 17.6 Å². The highest BCUT2D eigenvalue weighted by Gasteiger charge is 2.62. The molecule has 0 spiro atoms. The van der Waals surface area contributed by atoms with E-state index in [2.05, 4.69) is 10.1 Å². The van der Waals surface area contributed by atoms with Gasteiger partial charge in [0.25, 0.3) is 5.60 Å². The zero-order valence-corrected chi connectivity index (χ0v) is 19.5. The van der Waals surface area contributed by atoms with E-state index in [1.54, 1.807) is 11.1 Å². The highest BCUT2D eigenvalue weighted by atomic mass is 35.5. The number of nitrogens with zero attached hydrogens (tertiary/aromatic N) is 4. The van der Waals surface area contributed by atoms with Gasteiger partial charge in [-0.15, -0.1) is 0 Å². The first-order valence-corrected chi connectivity index (χ1v) is 11.1. The number of benzene rings is 2. The summed E-state index contributed by atoms with van der Waals surface area (Å²) in [5.41, 5.74) is -4.43. The van der Waals surface area contributed by atoms with Crippen LogP contribution in [0.3, 0.4) is 0 Å². The van der Waals surface area contributed by atoms with E-state index in [1.807, 2.05) is 13.8 Å². The molecule has 0 N–H and O–H groups in total. The molecule has 0 amide bonds. The van der Waals surface area contributed by atoms with E-state index in [4.69, 9.17) is 21.7 Å². The Hall–Kier alpha value is -3.19. The van der Waals surface area contributed by atoms with Crippen LogP contribution in [0.25, 0.3) is 0 Å². The van der Waals surface area contributed by atoms with Gasteiger partial charge in [0.2, 0.25) is 6.19 Å². The molecule has 0 radical (unpaired) electrons. The molecule has 5 nitrogen and oxygen atoms in total. The molecule has 11 heteroatoms. The Kier molecular flexibility index (Phi) is 6.26. The minimum absolute atomic E-state index is 0.00656. The molecule has 0 aromatic heterocycles. The van der Waals surface area contributed by atoms with Crippen LogP contribution in [0.2, 0.25) is 5.02 Å². The lowest BCUT2D eigenvalue weighted by Crippen LogP contribution is -2.59. The third-order valence-electron chi connectivity index (χ3n) is 6.14. The number of hydrogen-bond acceptors (Lipinski definition) is 4. The SMILES string of the molecule is CC(C)/C(=N\C#N)N1CC(F)(c2ccc(C3=NOC(c4cc(F)cc(Cl)c4)(C(F)(F)F)C3)cc2)C1. The Labute approximate surface area is 203 Å². The number of alkyl halides is 4. The predicted molar refractivity (Wildman–Crippen MR) is 120 cm³/mol. The molecule has 0 saturated carbocycles. The molecule has 184 valence electrons. The lowest BCUT2D eigenvalue weighted by atomic mass is 9.84. The second kappa shape index (κ2) is 8.79. The van der Waals surface area contributed by atoms with Crippen LogP contribution in [0.4, 0.5) is 22.0 Å².